The molecule has 0 radical (unpaired) electrons. The van der Waals surface area contributed by atoms with Crippen molar-refractivity contribution in [2.45, 2.75) is 25.7 Å². The van der Waals surface area contributed by atoms with Gasteiger partial charge >= 0.3 is 0 Å². The number of hydrogen-bond donors (Lipinski definition) is 1. The molecule has 2 aromatic heterocycles. The minimum absolute atomic E-state index is 0.181. The Labute approximate surface area is 142 Å². The number of anilines is 1. The molecule has 0 aromatic carbocycles. The van der Waals surface area contributed by atoms with Crippen molar-refractivity contribution in [3.8, 4) is 0 Å². The summed E-state index contributed by atoms with van der Waals surface area (Å²) >= 11 is 0. The van der Waals surface area contributed by atoms with Crippen LogP contribution in [0.1, 0.15) is 24.1 Å². The summed E-state index contributed by atoms with van der Waals surface area (Å²) in [6.45, 7) is 1.63. The van der Waals surface area contributed by atoms with Gasteiger partial charge in [-0.25, -0.2) is 4.98 Å². The van der Waals surface area contributed by atoms with Crippen molar-refractivity contribution < 1.29 is 4.79 Å². The Kier molecular flexibility index (Phi) is 5.36. The van der Waals surface area contributed by atoms with E-state index in [0.717, 1.165) is 49.4 Å². The third kappa shape index (κ3) is 4.07. The Hall–Kier alpha value is -2.50. The molecule has 0 bridgehead atoms. The number of aromatic nitrogens is 3. The molecule has 24 heavy (non-hydrogen) atoms. The van der Waals surface area contributed by atoms with Gasteiger partial charge in [0.25, 0.3) is 0 Å². The number of carbonyl (C=O) groups excluding carboxylic acids is 1. The summed E-state index contributed by atoms with van der Waals surface area (Å²) in [7, 11) is 1.86. The fourth-order valence-corrected chi connectivity index (χ4v) is 3.25. The van der Waals surface area contributed by atoms with Crippen molar-refractivity contribution in [1.82, 2.24) is 19.9 Å². The van der Waals surface area contributed by atoms with Gasteiger partial charge in [-0.05, 0) is 36.8 Å². The Balaban J connectivity index is 1.61. The van der Waals surface area contributed by atoms with Gasteiger partial charge < -0.3 is 10.2 Å². The third-order valence-corrected chi connectivity index (χ3v) is 4.44. The molecule has 3 heterocycles. The Morgan fingerprint density at radius 3 is 3.00 bits per heavy atom. The van der Waals surface area contributed by atoms with E-state index in [0.29, 0.717) is 12.3 Å². The molecule has 1 aliphatic rings. The molecule has 1 N–H and O–H groups in total. The highest BCUT2D eigenvalue weighted by atomic mass is 16.2. The average Bonchev–Trinajstić information content (AvgIpc) is 2.63. The van der Waals surface area contributed by atoms with Gasteiger partial charge in [0, 0.05) is 44.9 Å². The van der Waals surface area contributed by atoms with Gasteiger partial charge in [0.15, 0.2) is 0 Å². The Morgan fingerprint density at radius 2 is 2.21 bits per heavy atom. The minimum atomic E-state index is 0.181. The normalized spacial score (nSPS) is 17.5. The lowest BCUT2D eigenvalue weighted by molar-refractivity contribution is -0.132. The number of nitrogens with zero attached hydrogens (tertiary/aromatic N) is 4. The number of piperidine rings is 1. The first kappa shape index (κ1) is 16.4. The predicted octanol–water partition coefficient (Wildman–Crippen LogP) is 1.94. The number of nitrogens with one attached hydrogen (secondary N) is 1. The van der Waals surface area contributed by atoms with Crippen LogP contribution in [0, 0.1) is 5.92 Å². The largest absolute Gasteiger partial charge is 0.372 e. The van der Waals surface area contributed by atoms with Crippen LogP contribution < -0.4 is 5.32 Å². The van der Waals surface area contributed by atoms with Crippen molar-refractivity contribution in [1.29, 1.82) is 0 Å². The molecule has 1 saturated heterocycles. The first-order valence-electron chi connectivity index (χ1n) is 8.40. The van der Waals surface area contributed by atoms with Crippen molar-refractivity contribution in [2.75, 3.05) is 25.5 Å². The van der Waals surface area contributed by atoms with E-state index in [1.807, 2.05) is 24.1 Å². The lowest BCUT2D eigenvalue weighted by atomic mass is 9.93. The highest BCUT2D eigenvalue weighted by Gasteiger charge is 2.25. The SMILES string of the molecule is CNc1nccnc1C[C@@H]1CCCN(C(=O)Cc2cccnc2)C1. The molecule has 126 valence electrons. The molecule has 6 nitrogen and oxygen atoms in total. The summed E-state index contributed by atoms with van der Waals surface area (Å²) < 4.78 is 0. The van der Waals surface area contributed by atoms with Crippen molar-refractivity contribution in [3.63, 3.8) is 0 Å². The van der Waals surface area contributed by atoms with Crippen molar-refractivity contribution >= 4 is 11.7 Å². The van der Waals surface area contributed by atoms with E-state index in [4.69, 9.17) is 0 Å². The smallest absolute Gasteiger partial charge is 0.227 e. The maximum atomic E-state index is 12.5. The van der Waals surface area contributed by atoms with Crippen LogP contribution in [0.25, 0.3) is 0 Å². The van der Waals surface area contributed by atoms with Gasteiger partial charge in [-0.2, -0.15) is 0 Å². The molecule has 0 aliphatic carbocycles. The zero-order chi connectivity index (χ0) is 16.8. The van der Waals surface area contributed by atoms with Gasteiger partial charge in [0.1, 0.15) is 5.82 Å². The number of carbonyl (C=O) groups is 1. The molecule has 0 spiro atoms. The molecular weight excluding hydrogens is 302 g/mol. The number of pyridine rings is 1. The highest BCUT2D eigenvalue weighted by molar-refractivity contribution is 5.78. The molecule has 2 aromatic rings. The quantitative estimate of drug-likeness (QED) is 0.909. The van der Waals surface area contributed by atoms with Crippen LogP contribution in [0.2, 0.25) is 0 Å². The molecule has 1 amide bonds. The van der Waals surface area contributed by atoms with Gasteiger partial charge in [-0.1, -0.05) is 6.07 Å². The van der Waals surface area contributed by atoms with Crippen LogP contribution in [-0.4, -0.2) is 45.9 Å². The van der Waals surface area contributed by atoms with Gasteiger partial charge in [0.05, 0.1) is 12.1 Å². The zero-order valence-electron chi connectivity index (χ0n) is 14.0. The van der Waals surface area contributed by atoms with E-state index in [9.17, 15) is 4.79 Å². The molecule has 1 atom stereocenters. The molecule has 0 unspecified atom stereocenters. The summed E-state index contributed by atoms with van der Waals surface area (Å²) in [5.74, 6) is 1.44. The van der Waals surface area contributed by atoms with Gasteiger partial charge in [-0.15, -0.1) is 0 Å². The summed E-state index contributed by atoms with van der Waals surface area (Å²) in [6, 6.07) is 3.82. The molecule has 3 rings (SSSR count). The van der Waals surface area contributed by atoms with E-state index in [2.05, 4.69) is 20.3 Å². The molecule has 0 saturated carbocycles. The minimum Gasteiger partial charge on any atom is -0.372 e. The topological polar surface area (TPSA) is 71.0 Å². The molecule has 1 fully saturated rings. The van der Waals surface area contributed by atoms with E-state index >= 15 is 0 Å². The van der Waals surface area contributed by atoms with E-state index in [-0.39, 0.29) is 5.91 Å². The second kappa shape index (κ2) is 7.86. The first-order chi connectivity index (χ1) is 11.8. The van der Waals surface area contributed by atoms with E-state index in [1.54, 1.807) is 24.8 Å². The molecule has 1 aliphatic heterocycles. The monoisotopic (exact) mass is 325 g/mol. The first-order valence-corrected chi connectivity index (χ1v) is 8.40. The fourth-order valence-electron chi connectivity index (χ4n) is 3.25. The lowest BCUT2D eigenvalue weighted by Crippen LogP contribution is -2.41. The molecular formula is C18H23N5O. The fraction of sp³-hybridized carbons (Fsp3) is 0.444. The van der Waals surface area contributed by atoms with Crippen LogP contribution in [-0.2, 0) is 17.6 Å². The van der Waals surface area contributed by atoms with Gasteiger partial charge in [-0.3, -0.25) is 14.8 Å². The number of hydrogen-bond acceptors (Lipinski definition) is 5. The van der Waals surface area contributed by atoms with Crippen LogP contribution in [0.4, 0.5) is 5.82 Å². The Bertz CT molecular complexity index is 676. The highest BCUT2D eigenvalue weighted by Crippen LogP contribution is 2.23. The standard InChI is InChI=1S/C18H23N5O/c1-19-18-16(21-7-8-22-18)10-15-5-3-9-23(13-15)17(24)11-14-4-2-6-20-12-14/h2,4,6-8,12,15H,3,5,9-11,13H2,1H3,(H,19,22)/t15-/m0/s1. The van der Waals surface area contributed by atoms with Gasteiger partial charge in [0.2, 0.25) is 5.91 Å². The van der Waals surface area contributed by atoms with E-state index in [1.165, 1.54) is 0 Å². The van der Waals surface area contributed by atoms with Crippen molar-refractivity contribution in [2.24, 2.45) is 5.92 Å². The second-order valence-electron chi connectivity index (χ2n) is 6.19. The molecule has 6 heteroatoms. The second-order valence-corrected chi connectivity index (χ2v) is 6.19. The number of rotatable bonds is 5. The summed E-state index contributed by atoms with van der Waals surface area (Å²) in [5.41, 5.74) is 1.95. The number of amides is 1. The predicted molar refractivity (Wildman–Crippen MR) is 92.5 cm³/mol. The lowest BCUT2D eigenvalue weighted by Gasteiger charge is -2.33. The van der Waals surface area contributed by atoms with E-state index < -0.39 is 0 Å². The van der Waals surface area contributed by atoms with Crippen LogP contribution in [0.5, 0.6) is 0 Å². The third-order valence-electron chi connectivity index (χ3n) is 4.44. The Morgan fingerprint density at radius 1 is 1.33 bits per heavy atom. The maximum Gasteiger partial charge on any atom is 0.227 e. The summed E-state index contributed by atoms with van der Waals surface area (Å²) in [4.78, 5) is 27.4. The zero-order valence-corrected chi connectivity index (χ0v) is 14.0. The van der Waals surface area contributed by atoms with Crippen LogP contribution in [0.15, 0.2) is 36.9 Å². The van der Waals surface area contributed by atoms with Crippen LogP contribution in [0.3, 0.4) is 0 Å². The summed E-state index contributed by atoms with van der Waals surface area (Å²) in [5, 5.41) is 3.09. The summed E-state index contributed by atoms with van der Waals surface area (Å²) in [6.07, 6.45) is 10.3. The average molecular weight is 325 g/mol. The number of likely N-dealkylation sites (tertiary alicyclic amines) is 1. The van der Waals surface area contributed by atoms with Crippen LogP contribution >= 0.6 is 0 Å². The van der Waals surface area contributed by atoms with Crippen molar-refractivity contribution in [3.05, 3.63) is 48.2 Å². The maximum absolute atomic E-state index is 12.5.